The van der Waals surface area contributed by atoms with Gasteiger partial charge >= 0.3 is 5.97 Å². The van der Waals surface area contributed by atoms with Crippen LogP contribution in [0.2, 0.25) is 0 Å². The van der Waals surface area contributed by atoms with E-state index >= 15 is 0 Å². The van der Waals surface area contributed by atoms with Crippen LogP contribution in [0.4, 0.5) is 0 Å². The molecule has 0 bridgehead atoms. The summed E-state index contributed by atoms with van der Waals surface area (Å²) in [5.41, 5.74) is 1.07. The number of aliphatic hydroxyl groups is 2. The number of carboxylic acid groups (broad SMARTS) is 1. The Labute approximate surface area is 161 Å². The largest absolute Gasteiger partial charge is 0.477 e. The summed E-state index contributed by atoms with van der Waals surface area (Å²) in [4.78, 5) is 16.3. The number of aromatic nitrogens is 1. The van der Waals surface area contributed by atoms with Gasteiger partial charge in [-0.25, -0.2) is 4.79 Å². The highest BCUT2D eigenvalue weighted by Gasteiger charge is 2.22. The number of H-pyrrole nitrogens is 1. The van der Waals surface area contributed by atoms with Crippen LogP contribution >= 0.6 is 11.8 Å². The molecule has 0 spiro atoms. The Bertz CT molecular complexity index is 936. The smallest absolute Gasteiger partial charge is 0.353 e. The molecule has 0 saturated carbocycles. The molecule has 0 saturated heterocycles. The Morgan fingerprint density at radius 2 is 1.85 bits per heavy atom. The maximum Gasteiger partial charge on any atom is 0.353 e. The van der Waals surface area contributed by atoms with Crippen molar-refractivity contribution in [3.05, 3.63) is 59.8 Å². The standard InChI is InChI=1S/C20H22N2O4S/c1-20(11-23,12-24)21-10-13-7-8-16-15(9-13)18(17(22-16)19(25)26)27-14-5-3-2-4-6-14/h2-9,21-24H,10-12H2,1H3,(H,25,26). The lowest BCUT2D eigenvalue weighted by atomic mass is 10.0. The summed E-state index contributed by atoms with van der Waals surface area (Å²) in [6.07, 6.45) is 0. The fourth-order valence-electron chi connectivity index (χ4n) is 2.66. The number of aromatic carboxylic acids is 1. The first-order valence-electron chi connectivity index (χ1n) is 8.53. The SMILES string of the molecule is CC(CO)(CO)NCc1ccc2[nH]c(C(=O)O)c(Sc3ccccc3)c2c1. The topological polar surface area (TPSA) is 106 Å². The van der Waals surface area contributed by atoms with Gasteiger partial charge in [-0.3, -0.25) is 0 Å². The third-order valence-electron chi connectivity index (χ3n) is 4.41. The summed E-state index contributed by atoms with van der Waals surface area (Å²) in [6, 6.07) is 15.3. The van der Waals surface area contributed by atoms with Crippen molar-refractivity contribution in [1.82, 2.24) is 10.3 Å². The molecule has 142 valence electrons. The van der Waals surface area contributed by atoms with Gasteiger partial charge in [0.05, 0.1) is 23.6 Å². The molecule has 3 aromatic rings. The second kappa shape index (κ2) is 8.14. The lowest BCUT2D eigenvalue weighted by Crippen LogP contribution is -2.48. The average Bonchev–Trinajstić information content (AvgIpc) is 3.05. The van der Waals surface area contributed by atoms with E-state index in [0.29, 0.717) is 11.4 Å². The van der Waals surface area contributed by atoms with Gasteiger partial charge in [0.2, 0.25) is 0 Å². The number of hydrogen-bond acceptors (Lipinski definition) is 5. The molecular formula is C20H22N2O4S. The third kappa shape index (κ3) is 4.33. The Hall–Kier alpha value is -2.32. The molecule has 1 aromatic heterocycles. The maximum atomic E-state index is 11.7. The van der Waals surface area contributed by atoms with Gasteiger partial charge in [-0.15, -0.1) is 0 Å². The van der Waals surface area contributed by atoms with Crippen LogP contribution in [0.5, 0.6) is 0 Å². The van der Waals surface area contributed by atoms with Crippen molar-refractivity contribution < 1.29 is 20.1 Å². The van der Waals surface area contributed by atoms with Crippen molar-refractivity contribution in [2.45, 2.75) is 28.8 Å². The van der Waals surface area contributed by atoms with Crippen molar-refractivity contribution >= 4 is 28.6 Å². The molecule has 0 aliphatic carbocycles. The molecular weight excluding hydrogens is 364 g/mol. The summed E-state index contributed by atoms with van der Waals surface area (Å²) in [5.74, 6) is -1.00. The molecule has 0 aliphatic heterocycles. The zero-order chi connectivity index (χ0) is 19.4. The summed E-state index contributed by atoms with van der Waals surface area (Å²) in [7, 11) is 0. The normalized spacial score (nSPS) is 11.8. The molecule has 0 unspecified atom stereocenters. The fourth-order valence-corrected chi connectivity index (χ4v) is 3.71. The fraction of sp³-hybridized carbons (Fsp3) is 0.250. The van der Waals surface area contributed by atoms with Gasteiger partial charge in [-0.2, -0.15) is 0 Å². The van der Waals surface area contributed by atoms with E-state index in [1.54, 1.807) is 6.92 Å². The quantitative estimate of drug-likeness (QED) is 0.408. The minimum absolute atomic E-state index is 0.166. The summed E-state index contributed by atoms with van der Waals surface area (Å²) in [6.45, 7) is 1.81. The Morgan fingerprint density at radius 3 is 2.48 bits per heavy atom. The zero-order valence-corrected chi connectivity index (χ0v) is 15.7. The first kappa shape index (κ1) is 19.4. The lowest BCUT2D eigenvalue weighted by Gasteiger charge is -2.26. The molecule has 6 nitrogen and oxygen atoms in total. The summed E-state index contributed by atoms with van der Waals surface area (Å²) in [5, 5.41) is 32.4. The van der Waals surface area contributed by atoms with Gasteiger partial charge in [-0.05, 0) is 36.8 Å². The van der Waals surface area contributed by atoms with Crippen molar-refractivity contribution in [1.29, 1.82) is 0 Å². The van der Waals surface area contributed by atoms with Gasteiger partial charge in [0.25, 0.3) is 0 Å². The van der Waals surface area contributed by atoms with Crippen molar-refractivity contribution in [3.8, 4) is 0 Å². The van der Waals surface area contributed by atoms with E-state index in [1.807, 2.05) is 48.5 Å². The van der Waals surface area contributed by atoms with Crippen molar-refractivity contribution in [2.75, 3.05) is 13.2 Å². The second-order valence-corrected chi connectivity index (χ2v) is 7.74. The van der Waals surface area contributed by atoms with E-state index in [4.69, 9.17) is 0 Å². The Kier molecular flexibility index (Phi) is 5.86. The number of rotatable bonds is 8. The average molecular weight is 386 g/mol. The van der Waals surface area contributed by atoms with Crippen molar-refractivity contribution in [3.63, 3.8) is 0 Å². The number of nitrogens with one attached hydrogen (secondary N) is 2. The van der Waals surface area contributed by atoms with Crippen LogP contribution in [0.1, 0.15) is 23.0 Å². The minimum atomic E-state index is -1.00. The minimum Gasteiger partial charge on any atom is -0.477 e. The van der Waals surface area contributed by atoms with Gasteiger partial charge in [-0.1, -0.05) is 36.0 Å². The third-order valence-corrected chi connectivity index (χ3v) is 5.55. The van der Waals surface area contributed by atoms with Crippen LogP contribution in [-0.4, -0.2) is 45.0 Å². The molecule has 3 rings (SSSR count). The molecule has 27 heavy (non-hydrogen) atoms. The van der Waals surface area contributed by atoms with E-state index in [0.717, 1.165) is 21.4 Å². The first-order valence-corrected chi connectivity index (χ1v) is 9.35. The molecule has 5 N–H and O–H groups in total. The number of carbonyl (C=O) groups is 1. The van der Waals surface area contributed by atoms with Crippen LogP contribution in [0.15, 0.2) is 58.3 Å². The summed E-state index contributed by atoms with van der Waals surface area (Å²) >= 11 is 1.41. The number of aliphatic hydroxyl groups excluding tert-OH is 2. The van der Waals surface area contributed by atoms with Crippen LogP contribution < -0.4 is 5.32 Å². The number of fused-ring (bicyclic) bond motifs is 1. The van der Waals surface area contributed by atoms with Crippen LogP contribution in [0.25, 0.3) is 10.9 Å². The Morgan fingerprint density at radius 1 is 1.15 bits per heavy atom. The number of hydrogen-bond donors (Lipinski definition) is 5. The van der Waals surface area contributed by atoms with Crippen LogP contribution in [0, 0.1) is 0 Å². The van der Waals surface area contributed by atoms with E-state index in [-0.39, 0.29) is 18.9 Å². The number of benzene rings is 2. The second-order valence-electron chi connectivity index (χ2n) is 6.66. The molecule has 0 atom stereocenters. The molecule has 0 aliphatic rings. The highest BCUT2D eigenvalue weighted by atomic mass is 32.2. The molecule has 2 aromatic carbocycles. The first-order chi connectivity index (χ1) is 13.0. The number of carboxylic acids is 1. The van der Waals surface area contributed by atoms with E-state index in [9.17, 15) is 20.1 Å². The molecule has 0 fully saturated rings. The van der Waals surface area contributed by atoms with Gasteiger partial charge in [0, 0.05) is 22.3 Å². The zero-order valence-electron chi connectivity index (χ0n) is 14.9. The van der Waals surface area contributed by atoms with Crippen molar-refractivity contribution in [2.24, 2.45) is 0 Å². The Balaban J connectivity index is 1.96. The highest BCUT2D eigenvalue weighted by Crippen LogP contribution is 2.37. The van der Waals surface area contributed by atoms with Crippen LogP contribution in [0.3, 0.4) is 0 Å². The van der Waals surface area contributed by atoms with E-state index in [1.165, 1.54) is 11.8 Å². The van der Waals surface area contributed by atoms with E-state index in [2.05, 4.69) is 10.3 Å². The molecule has 0 radical (unpaired) electrons. The van der Waals surface area contributed by atoms with Gasteiger partial charge in [0.1, 0.15) is 5.69 Å². The monoisotopic (exact) mass is 386 g/mol. The van der Waals surface area contributed by atoms with Gasteiger partial charge in [0.15, 0.2) is 0 Å². The highest BCUT2D eigenvalue weighted by molar-refractivity contribution is 7.99. The number of aromatic amines is 1. The predicted octanol–water partition coefficient (Wildman–Crippen LogP) is 2.85. The summed E-state index contributed by atoms with van der Waals surface area (Å²) < 4.78 is 0. The van der Waals surface area contributed by atoms with E-state index < -0.39 is 11.5 Å². The molecule has 7 heteroatoms. The molecule has 0 amide bonds. The predicted molar refractivity (Wildman–Crippen MR) is 105 cm³/mol. The van der Waals surface area contributed by atoms with Gasteiger partial charge < -0.3 is 25.6 Å². The lowest BCUT2D eigenvalue weighted by molar-refractivity contribution is 0.0687. The maximum absolute atomic E-state index is 11.7. The van der Waals surface area contributed by atoms with Crippen LogP contribution in [-0.2, 0) is 6.54 Å². The molecule has 1 heterocycles.